The van der Waals surface area contributed by atoms with Gasteiger partial charge in [0, 0.05) is 5.41 Å². The molecule has 0 amide bonds. The Morgan fingerprint density at radius 3 is 2.42 bits per heavy atom. The molecule has 1 aliphatic carbocycles. The first-order valence-electron chi connectivity index (χ1n) is 3.81. The Bertz CT molecular complexity index is 211. The Labute approximate surface area is 97.7 Å². The van der Waals surface area contributed by atoms with E-state index < -0.39 is 11.1 Å². The molecule has 1 fully saturated rings. The van der Waals surface area contributed by atoms with Crippen LogP contribution in [-0.2, 0) is 11.1 Å². The Kier molecular flexibility index (Phi) is 7.45. The summed E-state index contributed by atoms with van der Waals surface area (Å²) in [5.41, 5.74) is 3.95. The second kappa shape index (κ2) is 7.07. The molecule has 0 saturated heterocycles. The van der Waals surface area contributed by atoms with Crippen LogP contribution in [0.4, 0.5) is 0 Å². The molecule has 0 N–H and O–H groups in total. The Morgan fingerprint density at radius 2 is 1.92 bits per heavy atom. The van der Waals surface area contributed by atoms with Crippen molar-refractivity contribution in [2.24, 2.45) is 0 Å². The molecule has 2 nitrogen and oxygen atoms in total. The van der Waals surface area contributed by atoms with E-state index in [1.807, 2.05) is 0 Å². The SMILES string of the molecule is O=S([O-])C=C=C1CCCCC1.[Na+]. The minimum absolute atomic E-state index is 0. The molecule has 12 heavy (non-hydrogen) atoms. The summed E-state index contributed by atoms with van der Waals surface area (Å²) >= 11 is -2.07. The van der Waals surface area contributed by atoms with Gasteiger partial charge < -0.3 is 4.55 Å². The van der Waals surface area contributed by atoms with E-state index in [2.05, 4.69) is 5.73 Å². The predicted molar refractivity (Wildman–Crippen MR) is 43.6 cm³/mol. The average Bonchev–Trinajstić information content (AvgIpc) is 2.03. The van der Waals surface area contributed by atoms with E-state index in [4.69, 9.17) is 0 Å². The largest absolute Gasteiger partial charge is 1.00 e. The molecule has 0 radical (unpaired) electrons. The number of hydrogen-bond donors (Lipinski definition) is 0. The minimum atomic E-state index is -2.07. The quantitative estimate of drug-likeness (QED) is 0.301. The molecule has 1 saturated carbocycles. The summed E-state index contributed by atoms with van der Waals surface area (Å²) in [5, 5.41) is 1.11. The van der Waals surface area contributed by atoms with Gasteiger partial charge in [-0.1, -0.05) is 6.42 Å². The Hall–Kier alpha value is 0.630. The molecule has 1 rings (SSSR count). The van der Waals surface area contributed by atoms with Gasteiger partial charge in [0.2, 0.25) is 0 Å². The molecular formula is C8H11NaO2S. The Morgan fingerprint density at radius 1 is 1.33 bits per heavy atom. The first-order chi connectivity index (χ1) is 5.29. The van der Waals surface area contributed by atoms with Crippen LogP contribution < -0.4 is 29.6 Å². The van der Waals surface area contributed by atoms with Gasteiger partial charge in [-0.2, -0.15) is 0 Å². The summed E-state index contributed by atoms with van der Waals surface area (Å²) in [4.78, 5) is 0. The molecule has 0 aromatic rings. The third-order valence-corrected chi connectivity index (χ3v) is 2.13. The molecule has 4 heteroatoms. The van der Waals surface area contributed by atoms with Crippen LogP contribution in [0.3, 0.4) is 0 Å². The van der Waals surface area contributed by atoms with Gasteiger partial charge in [0.05, 0.1) is 0 Å². The fourth-order valence-electron chi connectivity index (χ4n) is 1.25. The zero-order chi connectivity index (χ0) is 8.10. The second-order valence-corrected chi connectivity index (χ2v) is 3.44. The first-order valence-corrected chi connectivity index (χ1v) is 4.95. The standard InChI is InChI=1S/C8H12O2S.Na/c9-11(10)7-6-8-4-2-1-3-5-8;/h7H,1-5H2,(H,9,10);/q;+1/p-1. The second-order valence-electron chi connectivity index (χ2n) is 2.69. The number of hydrogen-bond acceptors (Lipinski definition) is 2. The zero-order valence-electron chi connectivity index (χ0n) is 7.34. The van der Waals surface area contributed by atoms with E-state index in [0.29, 0.717) is 0 Å². The van der Waals surface area contributed by atoms with Crippen molar-refractivity contribution in [1.29, 1.82) is 0 Å². The molecule has 0 aliphatic heterocycles. The van der Waals surface area contributed by atoms with E-state index in [1.54, 1.807) is 0 Å². The van der Waals surface area contributed by atoms with Crippen molar-refractivity contribution in [2.45, 2.75) is 32.1 Å². The van der Waals surface area contributed by atoms with Gasteiger partial charge in [-0.15, -0.1) is 5.73 Å². The van der Waals surface area contributed by atoms with Gasteiger partial charge in [-0.3, -0.25) is 4.21 Å². The fraction of sp³-hybridized carbons (Fsp3) is 0.625. The van der Waals surface area contributed by atoms with E-state index in [0.717, 1.165) is 23.8 Å². The molecule has 62 valence electrons. The van der Waals surface area contributed by atoms with Crippen LogP contribution in [0.2, 0.25) is 0 Å². The maximum absolute atomic E-state index is 10.1. The summed E-state index contributed by atoms with van der Waals surface area (Å²) in [6.45, 7) is 0. The summed E-state index contributed by atoms with van der Waals surface area (Å²) in [5.74, 6) is 0. The van der Waals surface area contributed by atoms with Gasteiger partial charge in [0.1, 0.15) is 0 Å². The van der Waals surface area contributed by atoms with Crippen molar-refractivity contribution in [3.63, 3.8) is 0 Å². The fourth-order valence-corrected chi connectivity index (χ4v) is 1.52. The van der Waals surface area contributed by atoms with Crippen molar-refractivity contribution in [3.8, 4) is 0 Å². The van der Waals surface area contributed by atoms with Gasteiger partial charge in [-0.25, -0.2) is 0 Å². The van der Waals surface area contributed by atoms with Crippen LogP contribution in [-0.4, -0.2) is 8.76 Å². The van der Waals surface area contributed by atoms with Crippen LogP contribution in [0, 0.1) is 0 Å². The average molecular weight is 194 g/mol. The van der Waals surface area contributed by atoms with Gasteiger partial charge >= 0.3 is 29.6 Å². The monoisotopic (exact) mass is 194 g/mol. The van der Waals surface area contributed by atoms with Crippen molar-refractivity contribution in [3.05, 3.63) is 16.7 Å². The molecule has 1 aliphatic rings. The van der Waals surface area contributed by atoms with Gasteiger partial charge in [-0.05, 0) is 42.3 Å². The summed E-state index contributed by atoms with van der Waals surface area (Å²) in [6.07, 6.45) is 5.68. The number of allylic oxidation sites excluding steroid dienone is 1. The molecule has 0 heterocycles. The summed E-state index contributed by atoms with van der Waals surface area (Å²) in [7, 11) is 0. The van der Waals surface area contributed by atoms with Gasteiger partial charge in [0.15, 0.2) is 0 Å². The van der Waals surface area contributed by atoms with Crippen molar-refractivity contribution >= 4 is 11.1 Å². The van der Waals surface area contributed by atoms with E-state index >= 15 is 0 Å². The zero-order valence-corrected chi connectivity index (χ0v) is 10.2. The van der Waals surface area contributed by atoms with Crippen LogP contribution >= 0.6 is 0 Å². The Balaban J connectivity index is 0.00000121. The van der Waals surface area contributed by atoms with Crippen LogP contribution in [0.25, 0.3) is 0 Å². The van der Waals surface area contributed by atoms with E-state index in [9.17, 15) is 8.76 Å². The molecule has 0 aromatic carbocycles. The molecule has 0 spiro atoms. The summed E-state index contributed by atoms with van der Waals surface area (Å²) < 4.78 is 20.2. The molecule has 1 atom stereocenters. The molecular weight excluding hydrogens is 183 g/mol. The maximum Gasteiger partial charge on any atom is 1.00 e. The molecule has 1 unspecified atom stereocenters. The minimum Gasteiger partial charge on any atom is -0.768 e. The van der Waals surface area contributed by atoms with Crippen LogP contribution in [0.1, 0.15) is 32.1 Å². The third kappa shape index (κ3) is 5.31. The number of rotatable bonds is 1. The molecule has 0 aromatic heterocycles. The van der Waals surface area contributed by atoms with Crippen LogP contribution in [0.5, 0.6) is 0 Å². The van der Waals surface area contributed by atoms with Crippen LogP contribution in [0.15, 0.2) is 16.7 Å². The van der Waals surface area contributed by atoms with Crippen molar-refractivity contribution in [1.82, 2.24) is 0 Å². The first kappa shape index (κ1) is 12.6. The van der Waals surface area contributed by atoms with Crippen molar-refractivity contribution < 1.29 is 38.3 Å². The van der Waals surface area contributed by atoms with E-state index in [1.165, 1.54) is 19.3 Å². The smallest absolute Gasteiger partial charge is 0.768 e. The molecule has 0 bridgehead atoms. The van der Waals surface area contributed by atoms with E-state index in [-0.39, 0.29) is 29.6 Å². The van der Waals surface area contributed by atoms with Crippen molar-refractivity contribution in [2.75, 3.05) is 0 Å². The topological polar surface area (TPSA) is 40.1 Å². The maximum atomic E-state index is 10.1. The predicted octanol–water partition coefficient (Wildman–Crippen LogP) is -1.13. The van der Waals surface area contributed by atoms with Gasteiger partial charge in [0.25, 0.3) is 0 Å². The normalized spacial score (nSPS) is 18.9. The third-order valence-electron chi connectivity index (χ3n) is 1.82. The summed E-state index contributed by atoms with van der Waals surface area (Å²) in [6, 6.07) is 0.